The van der Waals surface area contributed by atoms with Gasteiger partial charge in [-0.3, -0.25) is 4.31 Å². The molecule has 3 rings (SSSR count). The SMILES string of the molecule is CN(c1ccc(Oc2c(F)c(F)nc(F)c2F)cc1)S(=O)(=O)c1ccccc1F. The first kappa shape index (κ1) is 20.5. The predicted octanol–water partition coefficient (Wildman–Crippen LogP) is 4.39. The quantitative estimate of drug-likeness (QED) is 0.445. The van der Waals surface area contributed by atoms with Crippen LogP contribution in [0.1, 0.15) is 0 Å². The number of nitrogens with zero attached hydrogens (tertiary/aromatic N) is 2. The van der Waals surface area contributed by atoms with Crippen LogP contribution in [-0.4, -0.2) is 20.4 Å². The standard InChI is InChI=1S/C18H11F5N2O3S/c1-25(29(26,27)13-5-3-2-4-12(13)19)10-6-8-11(9-7-10)28-16-14(20)17(22)24-18(23)15(16)21/h2-9H,1H3. The third-order valence-electron chi connectivity index (χ3n) is 3.85. The van der Waals surface area contributed by atoms with E-state index in [-0.39, 0.29) is 11.4 Å². The first-order valence-electron chi connectivity index (χ1n) is 7.84. The Bertz CT molecular complexity index is 1140. The van der Waals surface area contributed by atoms with Crippen LogP contribution in [0.15, 0.2) is 53.4 Å². The van der Waals surface area contributed by atoms with Crippen molar-refractivity contribution in [2.24, 2.45) is 0 Å². The molecule has 0 saturated carbocycles. The molecule has 0 fully saturated rings. The first-order chi connectivity index (χ1) is 13.6. The van der Waals surface area contributed by atoms with Crippen LogP contribution in [-0.2, 0) is 10.0 Å². The molecule has 0 saturated heterocycles. The Hall–Kier alpha value is -3.21. The first-order valence-corrected chi connectivity index (χ1v) is 9.28. The lowest BCUT2D eigenvalue weighted by Crippen LogP contribution is -2.27. The molecule has 2 aromatic carbocycles. The van der Waals surface area contributed by atoms with Crippen LogP contribution in [0.25, 0.3) is 0 Å². The summed E-state index contributed by atoms with van der Waals surface area (Å²) in [6.07, 6.45) is 0. The van der Waals surface area contributed by atoms with E-state index < -0.39 is 50.0 Å². The highest BCUT2D eigenvalue weighted by Crippen LogP contribution is 2.31. The topological polar surface area (TPSA) is 59.5 Å². The minimum Gasteiger partial charge on any atom is -0.451 e. The molecule has 0 spiro atoms. The predicted molar refractivity (Wildman–Crippen MR) is 92.6 cm³/mol. The van der Waals surface area contributed by atoms with Gasteiger partial charge in [0.05, 0.1) is 5.69 Å². The third kappa shape index (κ3) is 3.86. The van der Waals surface area contributed by atoms with E-state index in [2.05, 4.69) is 4.98 Å². The normalized spacial score (nSPS) is 11.4. The number of hydrogen-bond acceptors (Lipinski definition) is 4. The van der Waals surface area contributed by atoms with Gasteiger partial charge in [-0.25, -0.2) is 12.8 Å². The molecular weight excluding hydrogens is 419 g/mol. The Balaban J connectivity index is 1.89. The molecule has 11 heteroatoms. The van der Waals surface area contributed by atoms with Crippen LogP contribution in [0, 0.1) is 29.3 Å². The number of aromatic nitrogens is 1. The number of rotatable bonds is 5. The molecule has 0 aliphatic carbocycles. The van der Waals surface area contributed by atoms with Crippen molar-refractivity contribution in [3.05, 3.63) is 77.9 Å². The summed E-state index contributed by atoms with van der Waals surface area (Å²) in [4.78, 5) is 1.86. The maximum atomic E-state index is 13.8. The number of anilines is 1. The molecule has 3 aromatic rings. The van der Waals surface area contributed by atoms with Crippen LogP contribution >= 0.6 is 0 Å². The second-order valence-electron chi connectivity index (χ2n) is 5.65. The fraction of sp³-hybridized carbons (Fsp3) is 0.0556. The van der Waals surface area contributed by atoms with Crippen molar-refractivity contribution in [3.63, 3.8) is 0 Å². The molecule has 0 unspecified atom stereocenters. The Labute approximate surface area is 162 Å². The number of benzene rings is 2. The summed E-state index contributed by atoms with van der Waals surface area (Å²) < 4.78 is 98.1. The van der Waals surface area contributed by atoms with Crippen molar-refractivity contribution in [1.82, 2.24) is 4.98 Å². The summed E-state index contributed by atoms with van der Waals surface area (Å²) >= 11 is 0. The maximum absolute atomic E-state index is 13.8. The van der Waals surface area contributed by atoms with Crippen LogP contribution in [0.4, 0.5) is 27.6 Å². The van der Waals surface area contributed by atoms with E-state index in [0.717, 1.165) is 28.6 Å². The smallest absolute Gasteiger partial charge is 0.266 e. The van der Waals surface area contributed by atoms with Crippen LogP contribution in [0.2, 0.25) is 0 Å². The fourth-order valence-electron chi connectivity index (χ4n) is 2.34. The van der Waals surface area contributed by atoms with E-state index in [0.29, 0.717) is 0 Å². The van der Waals surface area contributed by atoms with Gasteiger partial charge in [0.25, 0.3) is 21.9 Å². The van der Waals surface area contributed by atoms with Crippen molar-refractivity contribution < 1.29 is 35.1 Å². The molecule has 0 N–H and O–H groups in total. The van der Waals surface area contributed by atoms with Gasteiger partial charge in [-0.05, 0) is 36.4 Å². The molecular formula is C18H11F5N2O3S. The molecule has 0 atom stereocenters. The molecule has 0 radical (unpaired) electrons. The summed E-state index contributed by atoms with van der Waals surface area (Å²) in [5.74, 6) is -9.94. The second kappa shape index (κ2) is 7.66. The van der Waals surface area contributed by atoms with Gasteiger partial charge in [-0.1, -0.05) is 12.1 Å². The number of ether oxygens (including phenoxy) is 1. The second-order valence-corrected chi connectivity index (χ2v) is 7.59. The third-order valence-corrected chi connectivity index (χ3v) is 5.67. The van der Waals surface area contributed by atoms with E-state index in [4.69, 9.17) is 4.74 Å². The van der Waals surface area contributed by atoms with Gasteiger partial charge in [-0.15, -0.1) is 0 Å². The van der Waals surface area contributed by atoms with Crippen LogP contribution in [0.3, 0.4) is 0 Å². The summed E-state index contributed by atoms with van der Waals surface area (Å²) in [5.41, 5.74) is 0.0636. The van der Waals surface area contributed by atoms with Crippen molar-refractivity contribution in [1.29, 1.82) is 0 Å². The Kier molecular flexibility index (Phi) is 5.42. The summed E-state index contributed by atoms with van der Waals surface area (Å²) in [6, 6.07) is 9.38. The Morgan fingerprint density at radius 1 is 0.862 bits per heavy atom. The van der Waals surface area contributed by atoms with Crippen molar-refractivity contribution in [2.75, 3.05) is 11.4 Å². The number of pyridine rings is 1. The highest BCUT2D eigenvalue weighted by atomic mass is 32.2. The largest absolute Gasteiger partial charge is 0.451 e. The van der Waals surface area contributed by atoms with E-state index in [1.165, 1.54) is 31.3 Å². The lowest BCUT2D eigenvalue weighted by atomic mass is 10.3. The highest BCUT2D eigenvalue weighted by Gasteiger charge is 2.25. The number of sulfonamides is 1. The van der Waals surface area contributed by atoms with Gasteiger partial charge in [0.15, 0.2) is 0 Å². The molecule has 0 bridgehead atoms. The number of halogens is 5. The minimum atomic E-state index is -4.23. The highest BCUT2D eigenvalue weighted by molar-refractivity contribution is 7.92. The van der Waals surface area contributed by atoms with Crippen molar-refractivity contribution >= 4 is 15.7 Å². The summed E-state index contributed by atoms with van der Waals surface area (Å²) in [6.45, 7) is 0. The average Bonchev–Trinajstić information content (AvgIpc) is 2.70. The average molecular weight is 430 g/mol. The lowest BCUT2D eigenvalue weighted by Gasteiger charge is -2.20. The van der Waals surface area contributed by atoms with Gasteiger partial charge >= 0.3 is 0 Å². The zero-order valence-electron chi connectivity index (χ0n) is 14.5. The molecule has 29 heavy (non-hydrogen) atoms. The van der Waals surface area contributed by atoms with Gasteiger partial charge < -0.3 is 4.74 Å². The summed E-state index contributed by atoms with van der Waals surface area (Å²) in [5, 5.41) is 0. The Morgan fingerprint density at radius 3 is 1.97 bits per heavy atom. The van der Waals surface area contributed by atoms with Crippen molar-refractivity contribution in [2.45, 2.75) is 4.90 Å². The minimum absolute atomic E-state index is 0.0636. The fourth-order valence-corrected chi connectivity index (χ4v) is 3.60. The molecule has 1 heterocycles. The Morgan fingerprint density at radius 2 is 1.41 bits per heavy atom. The molecule has 0 aliphatic rings. The summed E-state index contributed by atoms with van der Waals surface area (Å²) in [7, 11) is -3.06. The van der Waals surface area contributed by atoms with Gasteiger partial charge in [0.1, 0.15) is 16.5 Å². The zero-order valence-corrected chi connectivity index (χ0v) is 15.4. The monoisotopic (exact) mass is 430 g/mol. The van der Waals surface area contributed by atoms with E-state index in [1.807, 2.05) is 0 Å². The number of hydrogen-bond donors (Lipinski definition) is 0. The van der Waals surface area contributed by atoms with E-state index in [1.54, 1.807) is 0 Å². The van der Waals surface area contributed by atoms with E-state index >= 15 is 0 Å². The molecule has 0 amide bonds. The molecule has 5 nitrogen and oxygen atoms in total. The van der Waals surface area contributed by atoms with Crippen LogP contribution < -0.4 is 9.04 Å². The maximum Gasteiger partial charge on any atom is 0.266 e. The van der Waals surface area contributed by atoms with Gasteiger partial charge in [0, 0.05) is 7.05 Å². The van der Waals surface area contributed by atoms with Gasteiger partial charge in [-0.2, -0.15) is 22.5 Å². The van der Waals surface area contributed by atoms with Crippen molar-refractivity contribution in [3.8, 4) is 11.5 Å². The van der Waals surface area contributed by atoms with Gasteiger partial charge in [0.2, 0.25) is 17.4 Å². The molecule has 152 valence electrons. The zero-order chi connectivity index (χ0) is 21.3. The van der Waals surface area contributed by atoms with Crippen LogP contribution in [0.5, 0.6) is 11.5 Å². The van der Waals surface area contributed by atoms with E-state index in [9.17, 15) is 30.4 Å². The molecule has 0 aliphatic heterocycles. The lowest BCUT2D eigenvalue weighted by molar-refractivity contribution is 0.343. The molecule has 1 aromatic heterocycles.